The molecule has 4 fully saturated rings. The Morgan fingerprint density at radius 1 is 1.19 bits per heavy atom. The van der Waals surface area contributed by atoms with Gasteiger partial charge in [0, 0.05) is 36.7 Å². The number of anilines is 1. The van der Waals surface area contributed by atoms with Crippen molar-refractivity contribution in [2.45, 2.75) is 69.2 Å². The van der Waals surface area contributed by atoms with Crippen molar-refractivity contribution in [2.24, 2.45) is 0 Å². The summed E-state index contributed by atoms with van der Waals surface area (Å²) in [4.78, 5) is 29.0. The van der Waals surface area contributed by atoms with E-state index in [-0.39, 0.29) is 28.3 Å². The number of nitrogens with zero attached hydrogens (tertiary/aromatic N) is 2. The minimum Gasteiger partial charge on any atom is -0.381 e. The zero-order chi connectivity index (χ0) is 26.5. The van der Waals surface area contributed by atoms with Crippen LogP contribution in [0.3, 0.4) is 0 Å². The summed E-state index contributed by atoms with van der Waals surface area (Å²) in [6.45, 7) is 5.75. The van der Waals surface area contributed by atoms with Crippen LogP contribution in [-0.2, 0) is 10.3 Å². The average Bonchev–Trinajstić information content (AvgIpc) is 3.34. The third-order valence-electron chi connectivity index (χ3n) is 8.09. The van der Waals surface area contributed by atoms with Crippen LogP contribution in [0.4, 0.5) is 18.9 Å². The maximum atomic E-state index is 14.8. The van der Waals surface area contributed by atoms with Gasteiger partial charge in [-0.3, -0.25) is 9.59 Å². The number of piperidine rings is 1. The van der Waals surface area contributed by atoms with Crippen molar-refractivity contribution >= 4 is 11.6 Å². The zero-order valence-electron chi connectivity index (χ0n) is 21.3. The molecule has 1 amide bonds. The number of amides is 1. The molecule has 1 aromatic heterocycles. The van der Waals surface area contributed by atoms with E-state index in [1.807, 2.05) is 6.92 Å². The van der Waals surface area contributed by atoms with E-state index in [0.29, 0.717) is 25.1 Å². The number of rotatable bonds is 7. The molecule has 37 heavy (non-hydrogen) atoms. The largest absolute Gasteiger partial charge is 0.381 e. The van der Waals surface area contributed by atoms with E-state index in [1.165, 1.54) is 18.2 Å². The van der Waals surface area contributed by atoms with Crippen molar-refractivity contribution in [1.29, 1.82) is 0 Å². The smallest absolute Gasteiger partial charge is 0.266 e. The highest BCUT2D eigenvalue weighted by molar-refractivity contribution is 5.99. The Morgan fingerprint density at radius 3 is 2.49 bits per heavy atom. The molecule has 7 nitrogen and oxygen atoms in total. The molecule has 2 aromatic rings. The van der Waals surface area contributed by atoms with E-state index < -0.39 is 35.3 Å². The van der Waals surface area contributed by atoms with E-state index in [1.54, 1.807) is 17.7 Å². The standard InChI is InChI=1S/C27H33F3N4O3/c1-16(18-5-4-6-19(23(18)28)24(29)30)31-25(36)20-12-34(27-13-26(2,14-27)37-15-27)22(35)11-21(20)32-17-7-9-33(3)10-8-17/h4-6,11-12,16-17,24,32H,7-10,13-15H2,1-3H3,(H,31,36). The van der Waals surface area contributed by atoms with Crippen molar-refractivity contribution in [3.8, 4) is 0 Å². The second-order valence-electron chi connectivity index (χ2n) is 11.1. The summed E-state index contributed by atoms with van der Waals surface area (Å²) in [7, 11) is 2.05. The first-order chi connectivity index (χ1) is 17.5. The number of hydrogen-bond acceptors (Lipinski definition) is 5. The lowest BCUT2D eigenvalue weighted by Gasteiger charge is -2.43. The molecule has 1 atom stereocenters. The first kappa shape index (κ1) is 25.8. The predicted octanol–water partition coefficient (Wildman–Crippen LogP) is 4.20. The van der Waals surface area contributed by atoms with E-state index >= 15 is 0 Å². The number of ether oxygens (including phenoxy) is 1. The Kier molecular flexibility index (Phi) is 6.60. The van der Waals surface area contributed by atoms with Crippen molar-refractivity contribution in [1.82, 2.24) is 14.8 Å². The first-order valence-electron chi connectivity index (χ1n) is 12.7. The number of alkyl halides is 2. The van der Waals surface area contributed by atoms with Crippen LogP contribution in [0.5, 0.6) is 0 Å². The Balaban J connectivity index is 1.46. The van der Waals surface area contributed by atoms with Crippen LogP contribution in [0.25, 0.3) is 0 Å². The molecule has 200 valence electrons. The van der Waals surface area contributed by atoms with Crippen LogP contribution < -0.4 is 16.2 Å². The van der Waals surface area contributed by atoms with E-state index in [4.69, 9.17) is 4.74 Å². The number of aromatic nitrogens is 1. The first-order valence-corrected chi connectivity index (χ1v) is 12.7. The summed E-state index contributed by atoms with van der Waals surface area (Å²) in [6.07, 6.45) is 1.70. The third kappa shape index (κ3) is 4.77. The second kappa shape index (κ2) is 9.47. The molecule has 1 aliphatic carbocycles. The zero-order valence-corrected chi connectivity index (χ0v) is 21.3. The molecule has 6 rings (SSSR count). The quantitative estimate of drug-likeness (QED) is 0.575. The van der Waals surface area contributed by atoms with E-state index in [9.17, 15) is 22.8 Å². The van der Waals surface area contributed by atoms with Gasteiger partial charge in [0.05, 0.1) is 40.6 Å². The number of fused-ring (bicyclic) bond motifs is 1. The summed E-state index contributed by atoms with van der Waals surface area (Å²) in [5.74, 6) is -1.55. The molecule has 4 heterocycles. The summed E-state index contributed by atoms with van der Waals surface area (Å²) < 4.78 is 48.6. The highest BCUT2D eigenvalue weighted by Gasteiger charge is 2.61. The van der Waals surface area contributed by atoms with Gasteiger partial charge in [-0.25, -0.2) is 13.2 Å². The van der Waals surface area contributed by atoms with Gasteiger partial charge in [-0.15, -0.1) is 0 Å². The maximum Gasteiger partial charge on any atom is 0.266 e. The van der Waals surface area contributed by atoms with Crippen molar-refractivity contribution < 1.29 is 22.7 Å². The van der Waals surface area contributed by atoms with Gasteiger partial charge in [-0.05, 0) is 46.8 Å². The monoisotopic (exact) mass is 518 g/mol. The SMILES string of the molecule is CC(NC(=O)c1cn(C23COC(C)(C2)C3)c(=O)cc1NC1CCN(C)CC1)c1cccc(C(F)F)c1F. The second-order valence-corrected chi connectivity index (χ2v) is 11.1. The molecule has 1 unspecified atom stereocenters. The van der Waals surface area contributed by atoms with Crippen molar-refractivity contribution in [3.63, 3.8) is 0 Å². The Labute approximate surface area is 214 Å². The van der Waals surface area contributed by atoms with Gasteiger partial charge in [0.25, 0.3) is 17.9 Å². The molecule has 0 spiro atoms. The topological polar surface area (TPSA) is 75.6 Å². The number of pyridine rings is 1. The average molecular weight is 519 g/mol. The molecule has 0 radical (unpaired) electrons. The lowest BCUT2D eigenvalue weighted by Crippen LogP contribution is -2.52. The number of carbonyl (C=O) groups is 1. The van der Waals surface area contributed by atoms with Crippen LogP contribution in [-0.4, -0.2) is 53.8 Å². The van der Waals surface area contributed by atoms with Gasteiger partial charge in [0.15, 0.2) is 0 Å². The Bertz CT molecular complexity index is 1250. The fourth-order valence-corrected chi connectivity index (χ4v) is 6.09. The predicted molar refractivity (Wildman–Crippen MR) is 134 cm³/mol. The van der Waals surface area contributed by atoms with Gasteiger partial charge < -0.3 is 24.8 Å². The number of hydrogen-bond donors (Lipinski definition) is 2. The molecular weight excluding hydrogens is 485 g/mol. The van der Waals surface area contributed by atoms with E-state index in [0.717, 1.165) is 32.0 Å². The molecule has 3 aliphatic heterocycles. The number of nitrogens with one attached hydrogen (secondary N) is 2. The number of carbonyl (C=O) groups excluding carboxylic acids is 1. The van der Waals surface area contributed by atoms with E-state index in [2.05, 4.69) is 22.6 Å². The van der Waals surface area contributed by atoms with Gasteiger partial charge in [0.2, 0.25) is 0 Å². The Hall–Kier alpha value is -2.85. The number of halogens is 3. The normalized spacial score (nSPS) is 26.7. The minimum absolute atomic E-state index is 0.0261. The number of benzene rings is 1. The molecule has 2 N–H and O–H groups in total. The molecular formula is C27H33F3N4O3. The molecule has 1 saturated carbocycles. The van der Waals surface area contributed by atoms with Gasteiger partial charge >= 0.3 is 0 Å². The van der Waals surface area contributed by atoms with Crippen molar-refractivity contribution in [2.75, 3.05) is 32.1 Å². The van der Waals surface area contributed by atoms with Gasteiger partial charge in [-0.1, -0.05) is 18.2 Å². The van der Waals surface area contributed by atoms with Crippen LogP contribution in [0.15, 0.2) is 35.3 Å². The summed E-state index contributed by atoms with van der Waals surface area (Å²) in [5, 5.41) is 6.14. The summed E-state index contributed by atoms with van der Waals surface area (Å²) in [5.41, 5.74) is -1.02. The maximum absolute atomic E-state index is 14.8. The highest BCUT2D eigenvalue weighted by Crippen LogP contribution is 2.55. The minimum atomic E-state index is -2.96. The molecule has 4 aliphatic rings. The molecule has 2 bridgehead atoms. The third-order valence-corrected chi connectivity index (χ3v) is 8.09. The molecule has 10 heteroatoms. The lowest BCUT2D eigenvalue weighted by atomic mass is 9.69. The van der Waals surface area contributed by atoms with Crippen molar-refractivity contribution in [3.05, 3.63) is 63.3 Å². The number of likely N-dealkylation sites (tertiary alicyclic amines) is 1. The molecule has 1 aromatic carbocycles. The van der Waals surface area contributed by atoms with Crippen LogP contribution >= 0.6 is 0 Å². The van der Waals surface area contributed by atoms with Crippen LogP contribution in [0.1, 0.15) is 73.5 Å². The van der Waals surface area contributed by atoms with Gasteiger partial charge in [-0.2, -0.15) is 0 Å². The Morgan fingerprint density at radius 2 is 1.86 bits per heavy atom. The summed E-state index contributed by atoms with van der Waals surface area (Å²) in [6, 6.07) is 4.45. The van der Waals surface area contributed by atoms with Crippen LogP contribution in [0, 0.1) is 5.82 Å². The lowest BCUT2D eigenvalue weighted by molar-refractivity contribution is 0.00538. The van der Waals surface area contributed by atoms with Crippen LogP contribution in [0.2, 0.25) is 0 Å². The fraction of sp³-hybridized carbons (Fsp3) is 0.556. The van der Waals surface area contributed by atoms with Gasteiger partial charge in [0.1, 0.15) is 5.82 Å². The highest BCUT2D eigenvalue weighted by atomic mass is 19.3. The summed E-state index contributed by atoms with van der Waals surface area (Å²) >= 11 is 0. The fourth-order valence-electron chi connectivity index (χ4n) is 6.09. The molecule has 3 saturated heterocycles.